The molecule has 2 heterocycles. The number of carbonyl (C=O) groups excluding carboxylic acids is 1. The third-order valence-electron chi connectivity index (χ3n) is 4.88. The minimum absolute atomic E-state index is 0.0933. The highest BCUT2D eigenvalue weighted by atomic mass is 16.2. The number of nitrogens with one attached hydrogen (secondary N) is 1. The van der Waals surface area contributed by atoms with Crippen LogP contribution in [0.25, 0.3) is 0 Å². The van der Waals surface area contributed by atoms with Crippen molar-refractivity contribution in [1.29, 1.82) is 0 Å². The van der Waals surface area contributed by atoms with Gasteiger partial charge in [-0.05, 0) is 45.0 Å². The van der Waals surface area contributed by atoms with Crippen molar-refractivity contribution in [2.45, 2.75) is 25.3 Å². The van der Waals surface area contributed by atoms with Gasteiger partial charge in [0.05, 0.1) is 5.92 Å². The molecule has 114 valence electrons. The predicted molar refractivity (Wildman–Crippen MR) is 85.4 cm³/mol. The molecule has 1 saturated heterocycles. The van der Waals surface area contributed by atoms with Gasteiger partial charge < -0.3 is 15.1 Å². The highest BCUT2D eigenvalue weighted by molar-refractivity contribution is 5.81. The van der Waals surface area contributed by atoms with E-state index in [1.54, 1.807) is 0 Å². The van der Waals surface area contributed by atoms with Crippen LogP contribution in [-0.4, -0.2) is 55.5 Å². The van der Waals surface area contributed by atoms with E-state index in [1.807, 2.05) is 6.07 Å². The van der Waals surface area contributed by atoms with Crippen molar-refractivity contribution in [2.24, 2.45) is 5.92 Å². The lowest BCUT2D eigenvalue weighted by Crippen LogP contribution is -2.48. The van der Waals surface area contributed by atoms with Gasteiger partial charge in [-0.15, -0.1) is 0 Å². The number of amides is 1. The van der Waals surface area contributed by atoms with E-state index >= 15 is 0 Å². The Bertz CT molecular complexity index is 507. The van der Waals surface area contributed by atoms with Gasteiger partial charge in [0, 0.05) is 31.4 Å². The Morgan fingerprint density at radius 1 is 1.24 bits per heavy atom. The zero-order valence-corrected chi connectivity index (χ0v) is 13.0. The van der Waals surface area contributed by atoms with E-state index in [-0.39, 0.29) is 5.92 Å². The highest BCUT2D eigenvalue weighted by Gasteiger charge is 2.30. The maximum absolute atomic E-state index is 12.7. The second kappa shape index (κ2) is 6.06. The summed E-state index contributed by atoms with van der Waals surface area (Å²) in [5, 5.41) is 3.40. The minimum Gasteiger partial charge on any atom is -0.384 e. The fourth-order valence-electron chi connectivity index (χ4n) is 3.48. The van der Waals surface area contributed by atoms with Gasteiger partial charge in [0.2, 0.25) is 5.91 Å². The van der Waals surface area contributed by atoms with Crippen LogP contribution in [-0.2, 0) is 11.2 Å². The second-order valence-electron chi connectivity index (χ2n) is 6.46. The Hall–Kier alpha value is -1.55. The van der Waals surface area contributed by atoms with Crippen molar-refractivity contribution in [3.8, 4) is 0 Å². The average Bonchev–Trinajstić information content (AvgIpc) is 2.54. The van der Waals surface area contributed by atoms with Crippen molar-refractivity contribution in [3.05, 3.63) is 29.8 Å². The van der Waals surface area contributed by atoms with E-state index in [4.69, 9.17) is 0 Å². The van der Waals surface area contributed by atoms with Crippen molar-refractivity contribution in [3.63, 3.8) is 0 Å². The van der Waals surface area contributed by atoms with Gasteiger partial charge in [-0.2, -0.15) is 0 Å². The number of carbonyl (C=O) groups is 1. The van der Waals surface area contributed by atoms with Crippen LogP contribution in [0.1, 0.15) is 18.4 Å². The molecule has 1 N–H and O–H groups in total. The largest absolute Gasteiger partial charge is 0.384 e. The number of hydrogen-bond donors (Lipinski definition) is 1. The molecule has 0 saturated carbocycles. The summed E-state index contributed by atoms with van der Waals surface area (Å²) in [7, 11) is 4.26. The normalized spacial score (nSPS) is 22.8. The SMILES string of the molecule is CN(C)C1CCN(C(=O)C2CNc3ccccc3C2)CC1. The molecule has 1 unspecified atom stereocenters. The van der Waals surface area contributed by atoms with Crippen LogP contribution < -0.4 is 5.32 Å². The Balaban J connectivity index is 1.60. The average molecular weight is 287 g/mol. The summed E-state index contributed by atoms with van der Waals surface area (Å²) in [6.45, 7) is 2.57. The van der Waals surface area contributed by atoms with E-state index in [0.29, 0.717) is 11.9 Å². The van der Waals surface area contributed by atoms with Gasteiger partial charge in [0.1, 0.15) is 0 Å². The molecule has 1 aromatic rings. The molecular weight excluding hydrogens is 262 g/mol. The second-order valence-corrected chi connectivity index (χ2v) is 6.46. The molecule has 21 heavy (non-hydrogen) atoms. The summed E-state index contributed by atoms with van der Waals surface area (Å²) in [5.41, 5.74) is 2.46. The molecule has 1 atom stereocenters. The van der Waals surface area contributed by atoms with E-state index in [2.05, 4.69) is 47.4 Å². The molecule has 0 radical (unpaired) electrons. The standard InChI is InChI=1S/C17H25N3O/c1-19(2)15-7-9-20(10-8-15)17(21)14-11-13-5-3-4-6-16(13)18-12-14/h3-6,14-15,18H,7-12H2,1-2H3. The number of hydrogen-bond acceptors (Lipinski definition) is 3. The number of fused-ring (bicyclic) bond motifs is 1. The predicted octanol–water partition coefficient (Wildman–Crippen LogP) is 1.82. The van der Waals surface area contributed by atoms with Crippen molar-refractivity contribution >= 4 is 11.6 Å². The maximum atomic E-state index is 12.7. The first-order valence-electron chi connectivity index (χ1n) is 7.92. The first kappa shape index (κ1) is 14.4. The van der Waals surface area contributed by atoms with Crippen LogP contribution in [0.15, 0.2) is 24.3 Å². The highest BCUT2D eigenvalue weighted by Crippen LogP contribution is 2.26. The first-order valence-corrected chi connectivity index (χ1v) is 7.92. The number of anilines is 1. The van der Waals surface area contributed by atoms with Crippen LogP contribution >= 0.6 is 0 Å². The fourth-order valence-corrected chi connectivity index (χ4v) is 3.48. The molecule has 0 aromatic heterocycles. The molecule has 4 nitrogen and oxygen atoms in total. The molecule has 3 rings (SSSR count). The van der Waals surface area contributed by atoms with Crippen LogP contribution in [0, 0.1) is 5.92 Å². The zero-order chi connectivity index (χ0) is 14.8. The smallest absolute Gasteiger partial charge is 0.227 e. The van der Waals surface area contributed by atoms with Crippen molar-refractivity contribution in [2.75, 3.05) is 39.0 Å². The van der Waals surface area contributed by atoms with Gasteiger partial charge in [0.15, 0.2) is 0 Å². The van der Waals surface area contributed by atoms with Gasteiger partial charge in [0.25, 0.3) is 0 Å². The lowest BCUT2D eigenvalue weighted by molar-refractivity contribution is -0.136. The van der Waals surface area contributed by atoms with E-state index in [0.717, 1.165) is 38.9 Å². The summed E-state index contributed by atoms with van der Waals surface area (Å²) in [6, 6.07) is 8.94. The summed E-state index contributed by atoms with van der Waals surface area (Å²) in [4.78, 5) is 17.1. The van der Waals surface area contributed by atoms with E-state index < -0.39 is 0 Å². The maximum Gasteiger partial charge on any atom is 0.227 e. The Labute approximate surface area is 127 Å². The van der Waals surface area contributed by atoms with Crippen LogP contribution in [0.3, 0.4) is 0 Å². The van der Waals surface area contributed by atoms with E-state index in [9.17, 15) is 4.79 Å². The molecule has 0 bridgehead atoms. The molecule has 2 aliphatic rings. The summed E-state index contributed by atoms with van der Waals surface area (Å²) in [6.07, 6.45) is 3.06. The third kappa shape index (κ3) is 3.05. The summed E-state index contributed by atoms with van der Waals surface area (Å²) < 4.78 is 0. The molecule has 1 amide bonds. The molecule has 4 heteroatoms. The first-order chi connectivity index (χ1) is 10.1. The van der Waals surface area contributed by atoms with E-state index in [1.165, 1.54) is 11.3 Å². The molecular formula is C17H25N3O. The Morgan fingerprint density at radius 3 is 2.67 bits per heavy atom. The number of benzene rings is 1. The van der Waals surface area contributed by atoms with Gasteiger partial charge >= 0.3 is 0 Å². The number of rotatable bonds is 2. The number of piperidine rings is 1. The van der Waals surface area contributed by atoms with Gasteiger partial charge in [-0.25, -0.2) is 0 Å². The Kier molecular flexibility index (Phi) is 4.15. The molecule has 1 fully saturated rings. The quantitative estimate of drug-likeness (QED) is 0.901. The molecule has 2 aliphatic heterocycles. The third-order valence-corrected chi connectivity index (χ3v) is 4.88. The Morgan fingerprint density at radius 2 is 1.95 bits per heavy atom. The minimum atomic E-state index is 0.0933. The monoisotopic (exact) mass is 287 g/mol. The van der Waals surface area contributed by atoms with Gasteiger partial charge in [-0.3, -0.25) is 4.79 Å². The van der Waals surface area contributed by atoms with Crippen molar-refractivity contribution < 1.29 is 4.79 Å². The lowest BCUT2D eigenvalue weighted by atomic mass is 9.92. The fraction of sp³-hybridized carbons (Fsp3) is 0.588. The van der Waals surface area contributed by atoms with Crippen LogP contribution in [0.5, 0.6) is 0 Å². The number of likely N-dealkylation sites (tertiary alicyclic amines) is 1. The molecule has 0 spiro atoms. The zero-order valence-electron chi connectivity index (χ0n) is 13.0. The topological polar surface area (TPSA) is 35.6 Å². The number of para-hydroxylation sites is 1. The molecule has 0 aliphatic carbocycles. The molecule has 1 aromatic carbocycles. The summed E-state index contributed by atoms with van der Waals surface area (Å²) >= 11 is 0. The van der Waals surface area contributed by atoms with Crippen LogP contribution in [0.2, 0.25) is 0 Å². The van der Waals surface area contributed by atoms with Gasteiger partial charge in [-0.1, -0.05) is 18.2 Å². The summed E-state index contributed by atoms with van der Waals surface area (Å²) in [5.74, 6) is 0.421. The van der Waals surface area contributed by atoms with Crippen molar-refractivity contribution in [1.82, 2.24) is 9.80 Å². The number of nitrogens with zero attached hydrogens (tertiary/aromatic N) is 2. The lowest BCUT2D eigenvalue weighted by Gasteiger charge is -2.37. The van der Waals surface area contributed by atoms with Crippen LogP contribution in [0.4, 0.5) is 5.69 Å².